The number of carbonyl (C=O) groups excluding carboxylic acids is 3. The van der Waals surface area contributed by atoms with E-state index in [0.717, 1.165) is 30.4 Å². The first-order valence-electron chi connectivity index (χ1n) is 14.8. The van der Waals surface area contributed by atoms with Crippen LogP contribution in [0.3, 0.4) is 0 Å². The molecular formula is C33H48N4O5. The Morgan fingerprint density at radius 3 is 2.40 bits per heavy atom. The van der Waals surface area contributed by atoms with Gasteiger partial charge in [0.05, 0.1) is 13.2 Å². The molecule has 0 bridgehead atoms. The summed E-state index contributed by atoms with van der Waals surface area (Å²) in [6.07, 6.45) is 9.62. The van der Waals surface area contributed by atoms with Crippen molar-refractivity contribution >= 4 is 17.8 Å². The fraction of sp³-hybridized carbons (Fsp3) is 0.485. The largest absolute Gasteiger partial charge is 0.493 e. The van der Waals surface area contributed by atoms with Gasteiger partial charge in [0.15, 0.2) is 11.5 Å². The number of benzene rings is 2. The van der Waals surface area contributed by atoms with Crippen molar-refractivity contribution in [3.63, 3.8) is 0 Å². The summed E-state index contributed by atoms with van der Waals surface area (Å²) in [7, 11) is 1.48. The normalized spacial score (nSPS) is 12.6. The summed E-state index contributed by atoms with van der Waals surface area (Å²) in [4.78, 5) is 38.3. The van der Waals surface area contributed by atoms with Gasteiger partial charge >= 0.3 is 5.97 Å². The van der Waals surface area contributed by atoms with Gasteiger partial charge in [0, 0.05) is 13.0 Å². The lowest BCUT2D eigenvalue weighted by Crippen LogP contribution is -2.50. The van der Waals surface area contributed by atoms with Crippen LogP contribution >= 0.6 is 0 Å². The Morgan fingerprint density at radius 1 is 0.952 bits per heavy atom. The summed E-state index contributed by atoms with van der Waals surface area (Å²) in [5.41, 5.74) is 13.5. The Hall–Kier alpha value is -3.69. The standard InChI is InChI=1S/C33H48N4O5/c1-24(2)13-7-4-5-10-17-31(38)36-23-26-18-19-29(30(22-26)41-3)42-33(40)28(16-11-12-20-34)37-32(39)27(35)21-25-14-8-6-9-15-25/h6-9,13-15,18-19,22,24,27-28H,4-5,10-12,16-17,20-21,23,34-35H2,1-3H3,(H,36,38)(H,37,39)/b13-7+/t27-,28-/m0/s1. The van der Waals surface area contributed by atoms with Crippen molar-refractivity contribution < 1.29 is 23.9 Å². The first-order chi connectivity index (χ1) is 20.2. The molecule has 0 aliphatic carbocycles. The van der Waals surface area contributed by atoms with Gasteiger partial charge in [-0.2, -0.15) is 0 Å². The molecule has 0 heterocycles. The average Bonchev–Trinajstić information content (AvgIpc) is 2.98. The highest BCUT2D eigenvalue weighted by Crippen LogP contribution is 2.28. The van der Waals surface area contributed by atoms with Gasteiger partial charge in [0.25, 0.3) is 0 Å². The van der Waals surface area contributed by atoms with Crippen molar-refractivity contribution in [3.05, 3.63) is 71.8 Å². The fourth-order valence-corrected chi connectivity index (χ4v) is 4.27. The second-order valence-electron chi connectivity index (χ2n) is 10.7. The maximum absolute atomic E-state index is 13.2. The van der Waals surface area contributed by atoms with E-state index in [0.29, 0.717) is 56.9 Å². The van der Waals surface area contributed by atoms with Crippen molar-refractivity contribution in [2.75, 3.05) is 13.7 Å². The first kappa shape index (κ1) is 34.5. The number of unbranched alkanes of at least 4 members (excludes halogenated alkanes) is 3. The van der Waals surface area contributed by atoms with Gasteiger partial charge in [-0.1, -0.05) is 62.4 Å². The van der Waals surface area contributed by atoms with E-state index in [4.69, 9.17) is 20.9 Å². The molecule has 9 heteroatoms. The maximum atomic E-state index is 13.2. The number of carbonyl (C=O) groups is 3. The molecule has 0 radical (unpaired) electrons. The highest BCUT2D eigenvalue weighted by Gasteiger charge is 2.26. The zero-order valence-corrected chi connectivity index (χ0v) is 25.3. The second-order valence-corrected chi connectivity index (χ2v) is 10.7. The number of hydrogen-bond acceptors (Lipinski definition) is 7. The topological polar surface area (TPSA) is 146 Å². The van der Waals surface area contributed by atoms with Crippen LogP contribution in [0.2, 0.25) is 0 Å². The van der Waals surface area contributed by atoms with Crippen LogP contribution in [0, 0.1) is 5.92 Å². The van der Waals surface area contributed by atoms with Gasteiger partial charge in [0.1, 0.15) is 6.04 Å². The van der Waals surface area contributed by atoms with Crippen molar-refractivity contribution in [2.45, 2.75) is 83.8 Å². The Bertz CT molecular complexity index is 1140. The quantitative estimate of drug-likeness (QED) is 0.0844. The predicted molar refractivity (Wildman–Crippen MR) is 166 cm³/mol. The number of nitrogens with one attached hydrogen (secondary N) is 2. The summed E-state index contributed by atoms with van der Waals surface area (Å²) >= 11 is 0. The molecule has 2 atom stereocenters. The number of hydrogen-bond donors (Lipinski definition) is 4. The van der Waals surface area contributed by atoms with Crippen LogP contribution in [0.15, 0.2) is 60.7 Å². The van der Waals surface area contributed by atoms with E-state index in [1.165, 1.54) is 7.11 Å². The lowest BCUT2D eigenvalue weighted by molar-refractivity contribution is -0.139. The number of allylic oxidation sites excluding steroid dienone is 2. The van der Waals surface area contributed by atoms with E-state index in [1.54, 1.807) is 18.2 Å². The van der Waals surface area contributed by atoms with E-state index < -0.39 is 24.0 Å². The molecule has 2 rings (SSSR count). The van der Waals surface area contributed by atoms with Crippen LogP contribution in [0.1, 0.15) is 69.9 Å². The molecule has 0 aliphatic rings. The van der Waals surface area contributed by atoms with Crippen LogP contribution in [-0.4, -0.2) is 43.5 Å². The van der Waals surface area contributed by atoms with Crippen LogP contribution in [0.5, 0.6) is 11.5 Å². The molecule has 0 saturated heterocycles. The van der Waals surface area contributed by atoms with Crippen molar-refractivity contribution in [1.82, 2.24) is 10.6 Å². The molecule has 6 N–H and O–H groups in total. The van der Waals surface area contributed by atoms with Crippen LogP contribution in [0.4, 0.5) is 0 Å². The third-order valence-corrected chi connectivity index (χ3v) is 6.66. The Labute approximate surface area is 250 Å². The zero-order valence-electron chi connectivity index (χ0n) is 25.3. The number of rotatable bonds is 19. The first-order valence-corrected chi connectivity index (χ1v) is 14.8. The minimum Gasteiger partial charge on any atom is -0.493 e. The summed E-state index contributed by atoms with van der Waals surface area (Å²) in [5.74, 6) is 0.0452. The number of ether oxygens (including phenoxy) is 2. The predicted octanol–water partition coefficient (Wildman–Crippen LogP) is 4.17. The van der Waals surface area contributed by atoms with Gasteiger partial charge in [0.2, 0.25) is 11.8 Å². The lowest BCUT2D eigenvalue weighted by Gasteiger charge is -2.21. The van der Waals surface area contributed by atoms with Gasteiger partial charge in [-0.25, -0.2) is 4.79 Å². The number of methoxy groups -OCH3 is 1. The van der Waals surface area contributed by atoms with Crippen LogP contribution in [-0.2, 0) is 27.3 Å². The molecule has 2 aromatic rings. The Balaban J connectivity index is 1.94. The van der Waals surface area contributed by atoms with E-state index >= 15 is 0 Å². The molecule has 2 amide bonds. The van der Waals surface area contributed by atoms with Crippen LogP contribution < -0.4 is 31.6 Å². The van der Waals surface area contributed by atoms with Crippen molar-refractivity contribution in [3.8, 4) is 11.5 Å². The van der Waals surface area contributed by atoms with E-state index in [9.17, 15) is 14.4 Å². The third kappa shape index (κ3) is 13.3. The molecule has 0 saturated carbocycles. The fourth-order valence-electron chi connectivity index (χ4n) is 4.27. The third-order valence-electron chi connectivity index (χ3n) is 6.66. The minimum atomic E-state index is -0.893. The monoisotopic (exact) mass is 580 g/mol. The lowest BCUT2D eigenvalue weighted by atomic mass is 10.0. The maximum Gasteiger partial charge on any atom is 0.334 e. The van der Waals surface area contributed by atoms with Gasteiger partial charge in [-0.05, 0) is 80.7 Å². The molecule has 230 valence electrons. The molecule has 0 aromatic heterocycles. The molecule has 42 heavy (non-hydrogen) atoms. The molecule has 9 nitrogen and oxygen atoms in total. The molecular weight excluding hydrogens is 532 g/mol. The SMILES string of the molecule is COc1cc(CNC(=O)CCCC/C=C/C(C)C)ccc1OC(=O)[C@H](CCCCN)NC(=O)[C@@H](N)Cc1ccccc1. The number of amides is 2. The Kier molecular flexibility index (Phi) is 16.0. The average molecular weight is 581 g/mol. The highest BCUT2D eigenvalue weighted by molar-refractivity contribution is 5.88. The molecule has 0 unspecified atom stereocenters. The molecule has 0 fully saturated rings. The van der Waals surface area contributed by atoms with Gasteiger partial charge < -0.3 is 31.6 Å². The summed E-state index contributed by atoms with van der Waals surface area (Å²) < 4.78 is 11.1. The summed E-state index contributed by atoms with van der Waals surface area (Å²) in [5, 5.41) is 5.69. The Morgan fingerprint density at radius 2 is 1.71 bits per heavy atom. The zero-order chi connectivity index (χ0) is 30.7. The van der Waals surface area contributed by atoms with Crippen molar-refractivity contribution in [2.24, 2.45) is 17.4 Å². The van der Waals surface area contributed by atoms with Crippen molar-refractivity contribution in [1.29, 1.82) is 0 Å². The number of esters is 1. The van der Waals surface area contributed by atoms with E-state index in [-0.39, 0.29) is 11.7 Å². The van der Waals surface area contributed by atoms with E-state index in [1.807, 2.05) is 30.3 Å². The number of nitrogens with two attached hydrogens (primary N) is 2. The van der Waals surface area contributed by atoms with Crippen LogP contribution in [0.25, 0.3) is 0 Å². The second kappa shape index (κ2) is 19.4. The smallest absolute Gasteiger partial charge is 0.334 e. The highest BCUT2D eigenvalue weighted by atomic mass is 16.6. The van der Waals surface area contributed by atoms with E-state index in [2.05, 4.69) is 36.6 Å². The molecule has 0 spiro atoms. The summed E-state index contributed by atoms with van der Waals surface area (Å²) in [6.45, 7) is 5.09. The molecule has 0 aliphatic heterocycles. The van der Waals surface area contributed by atoms with Gasteiger partial charge in [-0.15, -0.1) is 0 Å². The minimum absolute atomic E-state index is 0.0150. The summed E-state index contributed by atoms with van der Waals surface area (Å²) in [6, 6.07) is 12.9. The molecule has 2 aromatic carbocycles. The van der Waals surface area contributed by atoms with Gasteiger partial charge in [-0.3, -0.25) is 9.59 Å².